The van der Waals surface area contributed by atoms with Gasteiger partial charge in [-0.1, -0.05) is 0 Å². The predicted octanol–water partition coefficient (Wildman–Crippen LogP) is 3.12. The van der Waals surface area contributed by atoms with Gasteiger partial charge in [0.1, 0.15) is 5.60 Å². The van der Waals surface area contributed by atoms with Crippen molar-refractivity contribution in [3.8, 4) is 0 Å². The molecule has 1 fully saturated rings. The van der Waals surface area contributed by atoms with Crippen molar-refractivity contribution in [2.24, 2.45) is 0 Å². The van der Waals surface area contributed by atoms with Gasteiger partial charge in [0.25, 0.3) is 0 Å². The van der Waals surface area contributed by atoms with Gasteiger partial charge in [-0.3, -0.25) is 4.79 Å². The Morgan fingerprint density at radius 2 is 1.95 bits per heavy atom. The monoisotopic (exact) mass is 285 g/mol. The summed E-state index contributed by atoms with van der Waals surface area (Å²) in [5.41, 5.74) is -0.467. The summed E-state index contributed by atoms with van der Waals surface area (Å²) in [6.45, 7) is 6.38. The largest absolute Gasteiger partial charge is 0.469 e. The molecule has 0 aromatic heterocycles. The minimum Gasteiger partial charge on any atom is -0.469 e. The molecule has 0 N–H and O–H groups in total. The molecule has 5 heteroatoms. The third-order valence-corrected chi connectivity index (χ3v) is 3.40. The number of methoxy groups -OCH3 is 1. The van der Waals surface area contributed by atoms with Gasteiger partial charge in [-0.25, -0.2) is 4.79 Å². The summed E-state index contributed by atoms with van der Waals surface area (Å²) in [6.07, 6.45) is 4.88. The summed E-state index contributed by atoms with van der Waals surface area (Å²) in [5, 5.41) is 0. The lowest BCUT2D eigenvalue weighted by Gasteiger charge is -2.36. The van der Waals surface area contributed by atoms with E-state index in [2.05, 4.69) is 4.74 Å². The lowest BCUT2D eigenvalue weighted by molar-refractivity contribution is -0.140. The minimum absolute atomic E-state index is 0.184. The van der Waals surface area contributed by atoms with Crippen molar-refractivity contribution >= 4 is 12.1 Å². The highest BCUT2D eigenvalue weighted by molar-refractivity contribution is 5.69. The molecule has 1 aliphatic heterocycles. The average molecular weight is 285 g/mol. The number of esters is 1. The van der Waals surface area contributed by atoms with Crippen molar-refractivity contribution in [2.45, 2.75) is 70.9 Å². The molecule has 0 aliphatic carbocycles. The number of amides is 1. The van der Waals surface area contributed by atoms with Gasteiger partial charge < -0.3 is 14.4 Å². The molecule has 0 spiro atoms. The number of likely N-dealkylation sites (tertiary alicyclic amines) is 1. The van der Waals surface area contributed by atoms with Gasteiger partial charge in [0.2, 0.25) is 0 Å². The number of hydrogen-bond donors (Lipinski definition) is 0. The molecule has 0 radical (unpaired) electrons. The van der Waals surface area contributed by atoms with Gasteiger partial charge in [0, 0.05) is 19.0 Å². The van der Waals surface area contributed by atoms with Crippen LogP contribution in [0.1, 0.15) is 59.3 Å². The maximum atomic E-state index is 12.2. The van der Waals surface area contributed by atoms with Gasteiger partial charge in [-0.2, -0.15) is 0 Å². The van der Waals surface area contributed by atoms with Crippen LogP contribution in [0.25, 0.3) is 0 Å². The molecule has 5 nitrogen and oxygen atoms in total. The average Bonchev–Trinajstić information content (AvgIpc) is 2.37. The Hall–Kier alpha value is -1.26. The Bertz CT molecular complexity index is 335. The molecule has 116 valence electrons. The molecule has 1 rings (SSSR count). The molecule has 1 saturated heterocycles. The van der Waals surface area contributed by atoms with E-state index < -0.39 is 5.60 Å². The third-order valence-electron chi connectivity index (χ3n) is 3.40. The summed E-state index contributed by atoms with van der Waals surface area (Å²) in [6, 6.07) is 0.184. The van der Waals surface area contributed by atoms with Crippen LogP contribution in [0.2, 0.25) is 0 Å². The van der Waals surface area contributed by atoms with E-state index >= 15 is 0 Å². The van der Waals surface area contributed by atoms with Crippen LogP contribution in [0, 0.1) is 0 Å². The minimum atomic E-state index is -0.467. The molecule has 20 heavy (non-hydrogen) atoms. The second-order valence-corrected chi connectivity index (χ2v) is 6.29. The molecule has 0 aromatic carbocycles. The van der Waals surface area contributed by atoms with Crippen LogP contribution in [0.3, 0.4) is 0 Å². The molecular weight excluding hydrogens is 258 g/mol. The summed E-state index contributed by atoms with van der Waals surface area (Å²) in [7, 11) is 1.40. The topological polar surface area (TPSA) is 55.8 Å². The first kappa shape index (κ1) is 16.8. The van der Waals surface area contributed by atoms with Crippen molar-refractivity contribution in [1.82, 2.24) is 4.90 Å². The van der Waals surface area contributed by atoms with E-state index in [1.54, 1.807) is 0 Å². The second-order valence-electron chi connectivity index (χ2n) is 6.29. The number of piperidine rings is 1. The Morgan fingerprint density at radius 1 is 1.25 bits per heavy atom. The van der Waals surface area contributed by atoms with E-state index in [0.29, 0.717) is 6.42 Å². The van der Waals surface area contributed by atoms with E-state index in [-0.39, 0.29) is 18.1 Å². The summed E-state index contributed by atoms with van der Waals surface area (Å²) < 4.78 is 10.1. The van der Waals surface area contributed by atoms with Gasteiger partial charge in [-0.05, 0) is 52.9 Å². The number of rotatable bonds is 4. The Labute approximate surface area is 121 Å². The van der Waals surface area contributed by atoms with Crippen LogP contribution >= 0.6 is 0 Å². The predicted molar refractivity (Wildman–Crippen MR) is 76.4 cm³/mol. The Morgan fingerprint density at radius 3 is 2.55 bits per heavy atom. The summed E-state index contributed by atoms with van der Waals surface area (Å²) >= 11 is 0. The Kier molecular flexibility index (Phi) is 6.30. The van der Waals surface area contributed by atoms with Crippen molar-refractivity contribution in [3.63, 3.8) is 0 Å². The van der Waals surface area contributed by atoms with Crippen molar-refractivity contribution < 1.29 is 19.1 Å². The first-order valence-corrected chi connectivity index (χ1v) is 7.40. The van der Waals surface area contributed by atoms with Gasteiger partial charge in [0.15, 0.2) is 0 Å². The highest BCUT2D eigenvalue weighted by Gasteiger charge is 2.30. The van der Waals surface area contributed by atoms with Crippen LogP contribution < -0.4 is 0 Å². The Balaban J connectivity index is 2.49. The quantitative estimate of drug-likeness (QED) is 0.745. The molecule has 0 saturated carbocycles. The van der Waals surface area contributed by atoms with Crippen molar-refractivity contribution in [1.29, 1.82) is 0 Å². The molecule has 1 unspecified atom stereocenters. The molecule has 0 bridgehead atoms. The standard InChI is InChI=1S/C15H27NO4/c1-15(2,3)20-14(18)16-11-6-5-8-12(16)9-7-10-13(17)19-4/h12H,5-11H2,1-4H3. The van der Waals surface area contributed by atoms with Crippen LogP contribution in [0.15, 0.2) is 0 Å². The molecule has 1 aliphatic rings. The molecular formula is C15H27NO4. The molecule has 1 atom stereocenters. The summed E-state index contributed by atoms with van der Waals surface area (Å²) in [5.74, 6) is -0.190. The van der Waals surface area contributed by atoms with Gasteiger partial charge >= 0.3 is 12.1 Å². The second kappa shape index (κ2) is 7.50. The van der Waals surface area contributed by atoms with Crippen LogP contribution in [-0.2, 0) is 14.3 Å². The smallest absolute Gasteiger partial charge is 0.410 e. The van der Waals surface area contributed by atoms with Crippen LogP contribution in [0.5, 0.6) is 0 Å². The number of carbonyl (C=O) groups excluding carboxylic acids is 2. The number of carbonyl (C=O) groups is 2. The zero-order chi connectivity index (χ0) is 15.2. The fourth-order valence-electron chi connectivity index (χ4n) is 2.45. The molecule has 1 heterocycles. The normalized spacial score (nSPS) is 19.6. The zero-order valence-corrected chi connectivity index (χ0v) is 13.1. The maximum absolute atomic E-state index is 12.2. The fourth-order valence-corrected chi connectivity index (χ4v) is 2.45. The lowest BCUT2D eigenvalue weighted by atomic mass is 9.97. The first-order valence-electron chi connectivity index (χ1n) is 7.40. The molecule has 1 amide bonds. The number of nitrogens with zero attached hydrogens (tertiary/aromatic N) is 1. The van der Waals surface area contributed by atoms with E-state index in [0.717, 1.165) is 38.6 Å². The highest BCUT2D eigenvalue weighted by atomic mass is 16.6. The van der Waals surface area contributed by atoms with Crippen molar-refractivity contribution in [2.75, 3.05) is 13.7 Å². The van der Waals surface area contributed by atoms with Crippen LogP contribution in [-0.4, -0.2) is 42.3 Å². The van der Waals surface area contributed by atoms with E-state index in [9.17, 15) is 9.59 Å². The lowest BCUT2D eigenvalue weighted by Crippen LogP contribution is -2.46. The maximum Gasteiger partial charge on any atom is 0.410 e. The zero-order valence-electron chi connectivity index (χ0n) is 13.1. The van der Waals surface area contributed by atoms with Gasteiger partial charge in [0.05, 0.1) is 7.11 Å². The van der Waals surface area contributed by atoms with Crippen LogP contribution in [0.4, 0.5) is 4.79 Å². The van der Waals surface area contributed by atoms with E-state index in [1.165, 1.54) is 7.11 Å². The van der Waals surface area contributed by atoms with E-state index in [4.69, 9.17) is 4.74 Å². The van der Waals surface area contributed by atoms with Gasteiger partial charge in [-0.15, -0.1) is 0 Å². The fraction of sp³-hybridized carbons (Fsp3) is 0.867. The number of hydrogen-bond acceptors (Lipinski definition) is 4. The first-order chi connectivity index (χ1) is 9.33. The molecule has 0 aromatic rings. The van der Waals surface area contributed by atoms with E-state index in [1.807, 2.05) is 25.7 Å². The number of ether oxygens (including phenoxy) is 2. The third kappa shape index (κ3) is 5.80. The summed E-state index contributed by atoms with van der Waals surface area (Å²) in [4.78, 5) is 25.1. The SMILES string of the molecule is COC(=O)CCCC1CCCCN1C(=O)OC(C)(C)C. The van der Waals surface area contributed by atoms with Crippen molar-refractivity contribution in [3.05, 3.63) is 0 Å². The highest BCUT2D eigenvalue weighted by Crippen LogP contribution is 2.23.